The van der Waals surface area contributed by atoms with Gasteiger partial charge in [-0.3, -0.25) is 4.99 Å². The molecule has 0 atom stereocenters. The lowest BCUT2D eigenvalue weighted by atomic mass is 10.1. The number of hydrogen-bond acceptors (Lipinski definition) is 3. The highest BCUT2D eigenvalue weighted by Gasteiger charge is 2.28. The zero-order valence-electron chi connectivity index (χ0n) is 9.07. The SMILES string of the molecule is CCC1=Nc2ccc(Cl)cc2N2CCN=C12. The molecular weight excluding hydrogens is 222 g/mol. The van der Waals surface area contributed by atoms with Crippen molar-refractivity contribution in [1.82, 2.24) is 0 Å². The summed E-state index contributed by atoms with van der Waals surface area (Å²) < 4.78 is 0. The summed E-state index contributed by atoms with van der Waals surface area (Å²) in [6.07, 6.45) is 0.914. The Morgan fingerprint density at radius 1 is 1.44 bits per heavy atom. The van der Waals surface area contributed by atoms with Crippen molar-refractivity contribution in [2.24, 2.45) is 9.98 Å². The molecule has 0 N–H and O–H groups in total. The number of hydrogen-bond donors (Lipinski definition) is 0. The van der Waals surface area contributed by atoms with Gasteiger partial charge in [0.05, 0.1) is 23.6 Å². The fraction of sp³-hybridized carbons (Fsp3) is 0.333. The van der Waals surface area contributed by atoms with Gasteiger partial charge in [-0.2, -0.15) is 0 Å². The van der Waals surface area contributed by atoms with Gasteiger partial charge >= 0.3 is 0 Å². The van der Waals surface area contributed by atoms with Crippen molar-refractivity contribution in [3.8, 4) is 0 Å². The highest BCUT2D eigenvalue weighted by Crippen LogP contribution is 2.36. The molecule has 3 nitrogen and oxygen atoms in total. The minimum Gasteiger partial charge on any atom is -0.321 e. The summed E-state index contributed by atoms with van der Waals surface area (Å²) in [6, 6.07) is 5.82. The zero-order valence-corrected chi connectivity index (χ0v) is 9.83. The van der Waals surface area contributed by atoms with Crippen molar-refractivity contribution in [1.29, 1.82) is 0 Å². The predicted octanol–water partition coefficient (Wildman–Crippen LogP) is 3.05. The molecule has 2 aliphatic rings. The summed E-state index contributed by atoms with van der Waals surface area (Å²) >= 11 is 6.02. The molecule has 0 bridgehead atoms. The average Bonchev–Trinajstić information content (AvgIpc) is 2.77. The van der Waals surface area contributed by atoms with Crippen LogP contribution in [-0.4, -0.2) is 24.6 Å². The van der Waals surface area contributed by atoms with Crippen molar-refractivity contribution < 1.29 is 0 Å². The van der Waals surface area contributed by atoms with Crippen LogP contribution in [0.2, 0.25) is 5.02 Å². The largest absolute Gasteiger partial charge is 0.321 e. The molecule has 0 saturated carbocycles. The van der Waals surface area contributed by atoms with Crippen LogP contribution in [0.15, 0.2) is 28.2 Å². The highest BCUT2D eigenvalue weighted by molar-refractivity contribution is 6.48. The Labute approximate surface area is 99.5 Å². The maximum absolute atomic E-state index is 6.02. The van der Waals surface area contributed by atoms with E-state index in [0.717, 1.165) is 47.5 Å². The second-order valence-corrected chi connectivity index (χ2v) is 4.34. The van der Waals surface area contributed by atoms with Gasteiger partial charge in [0.15, 0.2) is 0 Å². The molecule has 0 saturated heterocycles. The summed E-state index contributed by atoms with van der Waals surface area (Å²) in [5.74, 6) is 1.03. The van der Waals surface area contributed by atoms with Crippen molar-refractivity contribution in [2.75, 3.05) is 18.0 Å². The molecule has 82 valence electrons. The summed E-state index contributed by atoms with van der Waals surface area (Å²) in [7, 11) is 0. The normalized spacial score (nSPS) is 17.8. The molecule has 4 heteroatoms. The smallest absolute Gasteiger partial charge is 0.150 e. The molecule has 16 heavy (non-hydrogen) atoms. The molecule has 0 fully saturated rings. The molecular formula is C12H12ClN3. The topological polar surface area (TPSA) is 28.0 Å². The third kappa shape index (κ3) is 1.35. The van der Waals surface area contributed by atoms with Crippen molar-refractivity contribution in [2.45, 2.75) is 13.3 Å². The molecule has 1 aromatic rings. The average molecular weight is 234 g/mol. The third-order valence-electron chi connectivity index (χ3n) is 2.92. The van der Waals surface area contributed by atoms with Crippen LogP contribution in [0.3, 0.4) is 0 Å². The van der Waals surface area contributed by atoms with Crippen LogP contribution in [0.1, 0.15) is 13.3 Å². The fourth-order valence-corrected chi connectivity index (χ4v) is 2.33. The van der Waals surface area contributed by atoms with E-state index in [1.807, 2.05) is 18.2 Å². The van der Waals surface area contributed by atoms with E-state index in [9.17, 15) is 0 Å². The predicted molar refractivity (Wildman–Crippen MR) is 68.5 cm³/mol. The van der Waals surface area contributed by atoms with Crippen LogP contribution in [-0.2, 0) is 0 Å². The Bertz CT molecular complexity index is 505. The molecule has 0 aromatic heterocycles. The van der Waals surface area contributed by atoms with E-state index >= 15 is 0 Å². The van der Waals surface area contributed by atoms with Crippen molar-refractivity contribution >= 4 is 34.5 Å². The first kappa shape index (κ1) is 9.85. The van der Waals surface area contributed by atoms with E-state index in [4.69, 9.17) is 11.6 Å². The summed E-state index contributed by atoms with van der Waals surface area (Å²) in [5.41, 5.74) is 3.16. The van der Waals surface area contributed by atoms with Crippen molar-refractivity contribution in [3.63, 3.8) is 0 Å². The Morgan fingerprint density at radius 2 is 2.31 bits per heavy atom. The second-order valence-electron chi connectivity index (χ2n) is 3.90. The van der Waals surface area contributed by atoms with Gasteiger partial charge in [-0.1, -0.05) is 18.5 Å². The molecule has 2 aliphatic heterocycles. The van der Waals surface area contributed by atoms with Gasteiger partial charge in [-0.05, 0) is 24.6 Å². The molecule has 0 unspecified atom stereocenters. The summed E-state index contributed by atoms with van der Waals surface area (Å²) in [4.78, 5) is 11.4. The molecule has 0 amide bonds. The Balaban J connectivity index is 2.19. The number of halogens is 1. The number of anilines is 1. The van der Waals surface area contributed by atoms with Crippen LogP contribution in [0.5, 0.6) is 0 Å². The van der Waals surface area contributed by atoms with E-state index in [-0.39, 0.29) is 0 Å². The van der Waals surface area contributed by atoms with Gasteiger partial charge < -0.3 is 4.90 Å². The van der Waals surface area contributed by atoms with Gasteiger partial charge in [0.1, 0.15) is 5.84 Å². The minimum absolute atomic E-state index is 0.750. The van der Waals surface area contributed by atoms with E-state index in [1.165, 1.54) is 0 Å². The maximum Gasteiger partial charge on any atom is 0.150 e. The minimum atomic E-state index is 0.750. The number of rotatable bonds is 1. The van der Waals surface area contributed by atoms with Gasteiger partial charge in [0.25, 0.3) is 0 Å². The molecule has 0 aliphatic carbocycles. The summed E-state index contributed by atoms with van der Waals surface area (Å²) in [5, 5.41) is 0.750. The zero-order chi connectivity index (χ0) is 11.1. The first-order valence-corrected chi connectivity index (χ1v) is 5.87. The summed E-state index contributed by atoms with van der Waals surface area (Å²) in [6.45, 7) is 3.89. The molecule has 0 spiro atoms. The molecule has 2 heterocycles. The number of fused-ring (bicyclic) bond motifs is 3. The van der Waals surface area contributed by atoms with E-state index in [0.29, 0.717) is 0 Å². The lowest BCUT2D eigenvalue weighted by Gasteiger charge is -2.27. The van der Waals surface area contributed by atoms with E-state index < -0.39 is 0 Å². The van der Waals surface area contributed by atoms with Gasteiger partial charge in [-0.15, -0.1) is 0 Å². The number of amidine groups is 1. The van der Waals surface area contributed by atoms with Gasteiger partial charge in [-0.25, -0.2) is 4.99 Å². The maximum atomic E-state index is 6.02. The van der Waals surface area contributed by atoms with Crippen LogP contribution >= 0.6 is 11.6 Å². The number of aliphatic imine (C=N–C) groups is 2. The van der Waals surface area contributed by atoms with Crippen LogP contribution < -0.4 is 4.90 Å². The monoisotopic (exact) mass is 233 g/mol. The highest BCUT2D eigenvalue weighted by atomic mass is 35.5. The van der Waals surface area contributed by atoms with E-state index in [1.54, 1.807) is 0 Å². The van der Waals surface area contributed by atoms with Gasteiger partial charge in [0.2, 0.25) is 0 Å². The lowest BCUT2D eigenvalue weighted by Crippen LogP contribution is -2.35. The molecule has 0 radical (unpaired) electrons. The third-order valence-corrected chi connectivity index (χ3v) is 3.15. The number of benzene rings is 1. The first-order chi connectivity index (χ1) is 7.79. The van der Waals surface area contributed by atoms with E-state index in [2.05, 4.69) is 21.8 Å². The Hall–Kier alpha value is -1.35. The molecule has 1 aromatic carbocycles. The van der Waals surface area contributed by atoms with Crippen LogP contribution in [0.4, 0.5) is 11.4 Å². The van der Waals surface area contributed by atoms with Crippen LogP contribution in [0.25, 0.3) is 0 Å². The first-order valence-electron chi connectivity index (χ1n) is 5.49. The Kier molecular flexibility index (Phi) is 2.21. The quantitative estimate of drug-likeness (QED) is 0.733. The lowest BCUT2D eigenvalue weighted by molar-refractivity contribution is 1.02. The number of nitrogens with zero attached hydrogens (tertiary/aromatic N) is 3. The Morgan fingerprint density at radius 3 is 3.12 bits per heavy atom. The van der Waals surface area contributed by atoms with Gasteiger partial charge in [0, 0.05) is 11.6 Å². The van der Waals surface area contributed by atoms with Crippen LogP contribution in [0, 0.1) is 0 Å². The fourth-order valence-electron chi connectivity index (χ4n) is 2.17. The van der Waals surface area contributed by atoms with Crippen molar-refractivity contribution in [3.05, 3.63) is 23.2 Å². The molecule has 3 rings (SSSR count). The second kappa shape index (κ2) is 3.59. The standard InChI is InChI=1S/C12H12ClN3/c1-2-9-12-14-5-6-16(12)11-7-8(13)3-4-10(11)15-9/h3-4,7H,2,5-6H2,1H3.